The molecule has 0 aliphatic carbocycles. The molecule has 0 rings (SSSR count). The Morgan fingerprint density at radius 2 is 1.80 bits per heavy atom. The standard InChI is InChI=1S/C4H11N5.ClH/c1-9(2)4(7)8-3(5)6;/h1-2H3,(H5,5,6,7,8);1H/i1+1,2+1,3+1,4+1,5+1,6+1,7+1,8+1,9+1;. The van der Waals surface area contributed by atoms with Crippen molar-refractivity contribution in [1.29, 1.82) is 5.41 Å². The summed E-state index contributed by atoms with van der Waals surface area (Å²) in [6.07, 6.45) is 0. The minimum Gasteiger partial charge on any atom is -0.370 e. The highest BCUT2D eigenvalue weighted by molar-refractivity contribution is 5.91. The van der Waals surface area contributed by atoms with Gasteiger partial charge in [-0.3, -0.25) is 5.41 Å². The van der Waals surface area contributed by atoms with Crippen LogP contribution < -0.4 is 11.5 Å². The fourth-order valence-electron chi connectivity index (χ4n) is 0.222. The van der Waals surface area contributed by atoms with Crippen molar-refractivity contribution in [1.82, 2.24) is 4.90 Å². The summed E-state index contributed by atoms with van der Waals surface area (Å²) in [5.74, 6) is -0.0382. The zero-order valence-corrected chi connectivity index (χ0v) is 6.77. The second-order valence-corrected chi connectivity index (χ2v) is 1.75. The zero-order valence-electron chi connectivity index (χ0n) is 5.96. The highest BCUT2D eigenvalue weighted by Gasteiger charge is 1.93. The van der Waals surface area contributed by atoms with Gasteiger partial charge in [-0.25, -0.2) is 0 Å². The third kappa shape index (κ3) is 5.17. The maximum absolute atomic E-state index is 7.05. The lowest BCUT2D eigenvalue weighted by Crippen LogP contribution is -2.28. The minimum atomic E-state index is -0.0892. The van der Waals surface area contributed by atoms with Crippen molar-refractivity contribution >= 4 is 24.3 Å². The van der Waals surface area contributed by atoms with Gasteiger partial charge in [0.05, 0.1) is 0 Å². The van der Waals surface area contributed by atoms with Gasteiger partial charge in [-0.2, -0.15) is 4.99 Å². The Kier molecular flexibility index (Phi) is 5.73. The first-order valence-corrected chi connectivity index (χ1v) is 2.39. The molecule has 0 aromatic rings. The van der Waals surface area contributed by atoms with Crippen LogP contribution in [0, 0.1) is 5.41 Å². The summed E-state index contributed by atoms with van der Waals surface area (Å²) in [6.45, 7) is 0. The van der Waals surface area contributed by atoms with Gasteiger partial charge in [-0.15, -0.1) is 12.4 Å². The summed E-state index contributed by atoms with van der Waals surface area (Å²) in [4.78, 5) is 4.96. The van der Waals surface area contributed by atoms with Gasteiger partial charge in [0.1, 0.15) is 0 Å². The quantitative estimate of drug-likeness (QED) is 0.194. The van der Waals surface area contributed by atoms with Crippen molar-refractivity contribution in [3.63, 3.8) is 0 Å². The third-order valence-corrected chi connectivity index (χ3v) is 0.659. The Morgan fingerprint density at radius 1 is 1.40 bits per heavy atom. The van der Waals surface area contributed by atoms with E-state index in [4.69, 9.17) is 16.9 Å². The van der Waals surface area contributed by atoms with E-state index in [1.54, 1.807) is 14.1 Å². The van der Waals surface area contributed by atoms with Gasteiger partial charge in [0, 0.05) is 14.1 Å². The van der Waals surface area contributed by atoms with E-state index < -0.39 is 0 Å². The van der Waals surface area contributed by atoms with Gasteiger partial charge < -0.3 is 16.4 Å². The van der Waals surface area contributed by atoms with Crippen molar-refractivity contribution in [2.45, 2.75) is 0 Å². The molecule has 0 aliphatic rings. The molecular weight excluding hydrogens is 162 g/mol. The smallest absolute Gasteiger partial charge is 0.220 e. The highest BCUT2D eigenvalue weighted by Crippen LogP contribution is 1.78. The SMILES string of the molecule is Cl.[13CH3][15N]([13CH3])[13C](=[15NH])[15N]=[13C]([15NH2])[15NH2]. The normalized spacial score (nSPS) is 7.40. The number of hydrogen-bond donors (Lipinski definition) is 3. The summed E-state index contributed by atoms with van der Waals surface area (Å²) >= 11 is 0. The predicted molar refractivity (Wildman–Crippen MR) is 44.5 cm³/mol. The van der Waals surface area contributed by atoms with E-state index in [0.717, 1.165) is 0 Å². The van der Waals surface area contributed by atoms with Crippen molar-refractivity contribution in [3.8, 4) is 0 Å². The Bertz CT molecular complexity index is 137. The molecule has 10 heavy (non-hydrogen) atoms. The lowest BCUT2D eigenvalue weighted by atomic mass is 11.8. The number of halogens is 1. The molecular formula is C4H12ClN5. The number of hydrogen-bond acceptors (Lipinski definition) is 1. The van der Waals surface area contributed by atoms with E-state index in [0.29, 0.717) is 0 Å². The van der Waals surface area contributed by atoms with Crippen LogP contribution in [0.1, 0.15) is 0 Å². The van der Waals surface area contributed by atoms with E-state index >= 15 is 0 Å². The van der Waals surface area contributed by atoms with Gasteiger partial charge in [-0.1, -0.05) is 0 Å². The Hall–Kier alpha value is -0.970. The van der Waals surface area contributed by atoms with Gasteiger partial charge in [0.15, 0.2) is 5.96 Å². The maximum Gasteiger partial charge on any atom is 0.220 e. The molecule has 0 aliphatic heterocycles. The fourth-order valence-corrected chi connectivity index (χ4v) is 0.222. The number of aliphatic imine (C=N–C) groups is 1. The molecule has 5 N–H and O–H groups in total. The predicted octanol–water partition coefficient (Wildman–Crippen LogP) is -0.822. The number of nitrogens with two attached hydrogens (primary N) is 2. The van der Waals surface area contributed by atoms with Crippen molar-refractivity contribution in [3.05, 3.63) is 0 Å². The second kappa shape index (κ2) is 4.87. The van der Waals surface area contributed by atoms with Crippen LogP contribution in [0.3, 0.4) is 0 Å². The van der Waals surface area contributed by atoms with Crippen molar-refractivity contribution in [2.75, 3.05) is 14.1 Å². The van der Waals surface area contributed by atoms with Gasteiger partial charge in [0.2, 0.25) is 5.96 Å². The number of rotatable bonds is 0. The van der Waals surface area contributed by atoms with E-state index in [2.05, 4.69) is 4.99 Å². The molecule has 6 heteroatoms. The minimum absolute atomic E-state index is 0. The van der Waals surface area contributed by atoms with Crippen LogP contribution >= 0.6 is 12.4 Å². The van der Waals surface area contributed by atoms with Crippen LogP contribution in [0.5, 0.6) is 0 Å². The van der Waals surface area contributed by atoms with E-state index in [1.165, 1.54) is 4.90 Å². The van der Waals surface area contributed by atoms with Crippen molar-refractivity contribution < 1.29 is 0 Å². The summed E-state index contributed by atoms with van der Waals surface area (Å²) in [6, 6.07) is 0. The largest absolute Gasteiger partial charge is 0.370 e. The average molecular weight is 175 g/mol. The van der Waals surface area contributed by atoms with E-state index in [-0.39, 0.29) is 24.3 Å². The van der Waals surface area contributed by atoms with Crippen LogP contribution in [-0.2, 0) is 0 Å². The van der Waals surface area contributed by atoms with Gasteiger partial charge >= 0.3 is 0 Å². The number of nitrogens with zero attached hydrogens (tertiary/aromatic N) is 2. The molecule has 0 saturated heterocycles. The molecule has 0 saturated carbocycles. The number of nitrogens with one attached hydrogen (secondary N) is 1. The van der Waals surface area contributed by atoms with Crippen LogP contribution in [-0.4, -0.2) is 30.9 Å². The molecule has 5 nitrogen and oxygen atoms in total. The first-order valence-electron chi connectivity index (χ1n) is 2.39. The molecule has 0 bridgehead atoms. The van der Waals surface area contributed by atoms with Gasteiger partial charge in [-0.05, 0) is 0 Å². The Morgan fingerprint density at radius 3 is 1.90 bits per heavy atom. The molecule has 0 radical (unpaired) electrons. The van der Waals surface area contributed by atoms with E-state index in [1.807, 2.05) is 0 Å². The topological polar surface area (TPSA) is 91.5 Å². The molecule has 0 fully saturated rings. The lowest BCUT2D eigenvalue weighted by Gasteiger charge is -2.07. The molecule has 0 aromatic heterocycles. The third-order valence-electron chi connectivity index (χ3n) is 0.659. The Balaban J connectivity index is 0. The van der Waals surface area contributed by atoms with Gasteiger partial charge in [0.25, 0.3) is 0 Å². The molecule has 0 unspecified atom stereocenters. The molecule has 0 amide bonds. The highest BCUT2D eigenvalue weighted by atomic mass is 35.5. The second-order valence-electron chi connectivity index (χ2n) is 1.75. The summed E-state index contributed by atoms with van der Waals surface area (Å²) in [5.41, 5.74) is 9.98. The van der Waals surface area contributed by atoms with Crippen LogP contribution in [0.25, 0.3) is 0 Å². The zero-order chi connectivity index (χ0) is 7.44. The molecule has 0 spiro atoms. The maximum atomic E-state index is 7.05. The summed E-state index contributed by atoms with van der Waals surface area (Å²) in [7, 11) is 3.38. The summed E-state index contributed by atoms with van der Waals surface area (Å²) in [5, 5.41) is 7.05. The first-order chi connectivity index (χ1) is 4.04. The molecule has 0 atom stereocenters. The lowest BCUT2D eigenvalue weighted by molar-refractivity contribution is 0.609. The first kappa shape index (κ1) is 11.8. The van der Waals surface area contributed by atoms with Crippen molar-refractivity contribution in [2.24, 2.45) is 16.5 Å². The van der Waals surface area contributed by atoms with E-state index in [9.17, 15) is 0 Å². The monoisotopic (exact) mass is 174 g/mol. The average Bonchev–Trinajstić information content (AvgIpc) is 1.63. The van der Waals surface area contributed by atoms with Crippen LogP contribution in [0.4, 0.5) is 0 Å². The van der Waals surface area contributed by atoms with Crippen LogP contribution in [0.15, 0.2) is 4.99 Å². The molecule has 0 heterocycles. The molecule has 60 valence electrons. The summed E-state index contributed by atoms with van der Waals surface area (Å²) < 4.78 is 0. The Labute approximate surface area is 66.0 Å². The fraction of sp³-hybridized carbons (Fsp3) is 0.500. The number of guanidine groups is 2. The molecule has 0 aromatic carbocycles. The van der Waals surface area contributed by atoms with Crippen LogP contribution in [0.2, 0.25) is 0 Å².